The van der Waals surface area contributed by atoms with E-state index in [0.29, 0.717) is 5.39 Å². The van der Waals surface area contributed by atoms with Crippen LogP contribution in [0.2, 0.25) is 0 Å². The molecule has 0 saturated carbocycles. The van der Waals surface area contributed by atoms with Crippen molar-refractivity contribution in [2.75, 3.05) is 18.1 Å². The van der Waals surface area contributed by atoms with Crippen LogP contribution in [0.15, 0.2) is 30.3 Å². The first-order chi connectivity index (χ1) is 10.8. The van der Waals surface area contributed by atoms with Gasteiger partial charge in [-0.2, -0.15) is 0 Å². The van der Waals surface area contributed by atoms with Gasteiger partial charge in [0.1, 0.15) is 17.0 Å². The van der Waals surface area contributed by atoms with Gasteiger partial charge in [0.05, 0.1) is 11.5 Å². The van der Waals surface area contributed by atoms with Crippen molar-refractivity contribution in [3.05, 3.63) is 41.8 Å². The lowest BCUT2D eigenvalue weighted by molar-refractivity contribution is 0.0951. The summed E-state index contributed by atoms with van der Waals surface area (Å²) in [5.41, 5.74) is 0.177. The second kappa shape index (κ2) is 7.04. The highest BCUT2D eigenvalue weighted by molar-refractivity contribution is 7.91. The lowest BCUT2D eigenvalue weighted by Gasteiger charge is -2.08. The molecule has 2 rings (SSSR count). The second-order valence-corrected chi connectivity index (χ2v) is 8.00. The number of sulfone groups is 1. The Hall–Kier alpha value is -2.02. The third kappa shape index (κ3) is 4.72. The van der Waals surface area contributed by atoms with Crippen LogP contribution in [-0.2, 0) is 9.84 Å². The summed E-state index contributed by atoms with van der Waals surface area (Å²) < 4.78 is 37.2. The van der Waals surface area contributed by atoms with Crippen LogP contribution in [0.3, 0.4) is 0 Å². The van der Waals surface area contributed by atoms with Crippen molar-refractivity contribution < 1.29 is 17.6 Å². The Labute approximate surface area is 134 Å². The number of fused-ring (bicyclic) bond motifs is 1. The number of carbonyl (C=O) groups excluding carboxylic acids is 1. The number of halogens is 1. The first kappa shape index (κ1) is 17.3. The number of pyridine rings is 1. The molecule has 1 amide bonds. The molecule has 1 aromatic heterocycles. The average Bonchev–Trinajstić information content (AvgIpc) is 2.45. The molecule has 23 heavy (non-hydrogen) atoms. The highest BCUT2D eigenvalue weighted by Crippen LogP contribution is 2.15. The van der Waals surface area contributed by atoms with Crippen LogP contribution in [0.25, 0.3) is 10.9 Å². The molecule has 5 nitrogen and oxygen atoms in total. The molecule has 2 aromatic rings. The molecule has 0 spiro atoms. The van der Waals surface area contributed by atoms with E-state index in [1.165, 1.54) is 12.1 Å². The lowest BCUT2D eigenvalue weighted by Crippen LogP contribution is -2.31. The fraction of sp³-hybridized carbons (Fsp3) is 0.375. The van der Waals surface area contributed by atoms with E-state index in [4.69, 9.17) is 0 Å². The minimum Gasteiger partial charge on any atom is -0.350 e. The van der Waals surface area contributed by atoms with Crippen LogP contribution in [0.1, 0.15) is 24.3 Å². The van der Waals surface area contributed by atoms with Crippen LogP contribution in [0, 0.1) is 11.7 Å². The Kier molecular flexibility index (Phi) is 5.30. The zero-order valence-corrected chi connectivity index (χ0v) is 13.9. The normalized spacial score (nSPS) is 11.8. The first-order valence-electron chi connectivity index (χ1n) is 7.32. The number of benzene rings is 1. The predicted molar refractivity (Wildman–Crippen MR) is 87.5 cm³/mol. The Morgan fingerprint density at radius 3 is 2.70 bits per heavy atom. The summed E-state index contributed by atoms with van der Waals surface area (Å²) in [5, 5.41) is 3.11. The highest BCUT2D eigenvalue weighted by atomic mass is 32.2. The number of nitrogens with zero attached hydrogens (tertiary/aromatic N) is 1. The van der Waals surface area contributed by atoms with Crippen molar-refractivity contribution in [3.8, 4) is 0 Å². The molecule has 1 N–H and O–H groups in total. The van der Waals surface area contributed by atoms with Gasteiger partial charge in [0.2, 0.25) is 0 Å². The number of amides is 1. The zero-order chi connectivity index (χ0) is 17.0. The summed E-state index contributed by atoms with van der Waals surface area (Å²) in [5.74, 6) is -1.02. The van der Waals surface area contributed by atoms with Gasteiger partial charge in [-0.05, 0) is 18.1 Å². The van der Waals surface area contributed by atoms with E-state index in [0.717, 1.165) is 0 Å². The van der Waals surface area contributed by atoms with Gasteiger partial charge in [-0.1, -0.05) is 32.0 Å². The lowest BCUT2D eigenvalue weighted by atomic mass is 10.2. The van der Waals surface area contributed by atoms with Crippen molar-refractivity contribution in [1.29, 1.82) is 0 Å². The monoisotopic (exact) mass is 338 g/mol. The Morgan fingerprint density at radius 1 is 1.26 bits per heavy atom. The number of aromatic nitrogens is 1. The predicted octanol–water partition coefficient (Wildman–Crippen LogP) is 2.17. The summed E-state index contributed by atoms with van der Waals surface area (Å²) in [4.78, 5) is 16.0. The van der Waals surface area contributed by atoms with Gasteiger partial charge in [0.15, 0.2) is 9.84 Å². The molecule has 7 heteroatoms. The molecule has 1 heterocycles. The molecule has 0 aliphatic carbocycles. The van der Waals surface area contributed by atoms with Crippen molar-refractivity contribution in [1.82, 2.24) is 10.3 Å². The Morgan fingerprint density at radius 2 is 2.00 bits per heavy atom. The molecule has 124 valence electrons. The van der Waals surface area contributed by atoms with E-state index in [2.05, 4.69) is 10.3 Å². The van der Waals surface area contributed by atoms with Crippen LogP contribution >= 0.6 is 0 Å². The maximum absolute atomic E-state index is 13.7. The second-order valence-electron chi connectivity index (χ2n) is 5.77. The number of rotatable bonds is 6. The third-order valence-corrected chi connectivity index (χ3v) is 5.19. The van der Waals surface area contributed by atoms with E-state index in [-0.39, 0.29) is 35.2 Å². The summed E-state index contributed by atoms with van der Waals surface area (Å²) in [6.07, 6.45) is 0. The van der Waals surface area contributed by atoms with Gasteiger partial charge >= 0.3 is 0 Å². The van der Waals surface area contributed by atoms with Crippen molar-refractivity contribution in [2.24, 2.45) is 5.92 Å². The largest absolute Gasteiger partial charge is 0.350 e. The van der Waals surface area contributed by atoms with Gasteiger partial charge < -0.3 is 5.32 Å². The number of hydrogen-bond acceptors (Lipinski definition) is 4. The molecule has 0 aliphatic heterocycles. The van der Waals surface area contributed by atoms with Gasteiger partial charge in [0, 0.05) is 11.9 Å². The van der Waals surface area contributed by atoms with Gasteiger partial charge in [0.25, 0.3) is 5.91 Å². The molecule has 0 atom stereocenters. The molecular weight excluding hydrogens is 319 g/mol. The molecule has 0 bridgehead atoms. The van der Waals surface area contributed by atoms with Crippen molar-refractivity contribution >= 4 is 26.6 Å². The molecule has 1 aromatic carbocycles. The summed E-state index contributed by atoms with van der Waals surface area (Å²) >= 11 is 0. The number of hydrogen-bond donors (Lipinski definition) is 1. The van der Waals surface area contributed by atoms with Crippen LogP contribution in [-0.4, -0.2) is 37.4 Å². The fourth-order valence-electron chi connectivity index (χ4n) is 2.24. The molecule has 0 radical (unpaired) electrons. The SMILES string of the molecule is CC(C)CS(=O)(=O)CCNC(=O)c1ccc2cccc(F)c2n1. The zero-order valence-electron chi connectivity index (χ0n) is 13.0. The van der Waals surface area contributed by atoms with E-state index in [1.807, 2.05) is 13.8 Å². The quantitative estimate of drug-likeness (QED) is 0.876. The fourth-order valence-corrected chi connectivity index (χ4v) is 3.83. The van der Waals surface area contributed by atoms with E-state index in [1.54, 1.807) is 18.2 Å². The smallest absolute Gasteiger partial charge is 0.269 e. The molecular formula is C16H19FN2O3S. The van der Waals surface area contributed by atoms with E-state index >= 15 is 0 Å². The minimum absolute atomic E-state index is 0.00484. The number of nitrogens with one attached hydrogen (secondary N) is 1. The maximum Gasteiger partial charge on any atom is 0.269 e. The molecule has 0 fully saturated rings. The topological polar surface area (TPSA) is 76.1 Å². The van der Waals surface area contributed by atoms with Crippen LogP contribution in [0.5, 0.6) is 0 Å². The number of carbonyl (C=O) groups is 1. The van der Waals surface area contributed by atoms with Crippen LogP contribution < -0.4 is 5.32 Å². The van der Waals surface area contributed by atoms with Gasteiger partial charge in [-0.3, -0.25) is 4.79 Å². The van der Waals surface area contributed by atoms with E-state index < -0.39 is 21.6 Å². The minimum atomic E-state index is -3.20. The van der Waals surface area contributed by atoms with Crippen molar-refractivity contribution in [2.45, 2.75) is 13.8 Å². The highest BCUT2D eigenvalue weighted by Gasteiger charge is 2.15. The standard InChI is InChI=1S/C16H19FN2O3S/c1-11(2)10-23(21,22)9-8-18-16(20)14-7-6-12-4-3-5-13(17)15(12)19-14/h3-7,11H,8-10H2,1-2H3,(H,18,20). The molecule has 0 aliphatic rings. The number of para-hydroxylation sites is 1. The van der Waals surface area contributed by atoms with Gasteiger partial charge in [-0.25, -0.2) is 17.8 Å². The van der Waals surface area contributed by atoms with Crippen molar-refractivity contribution in [3.63, 3.8) is 0 Å². The molecule has 0 unspecified atom stereocenters. The average molecular weight is 338 g/mol. The third-order valence-electron chi connectivity index (χ3n) is 3.19. The Bertz CT molecular complexity index is 819. The van der Waals surface area contributed by atoms with Gasteiger partial charge in [-0.15, -0.1) is 0 Å². The van der Waals surface area contributed by atoms with E-state index in [9.17, 15) is 17.6 Å². The maximum atomic E-state index is 13.7. The summed E-state index contributed by atoms with van der Waals surface area (Å²) in [6.45, 7) is 3.65. The first-order valence-corrected chi connectivity index (χ1v) is 9.14. The molecule has 0 saturated heterocycles. The Balaban J connectivity index is 2.03. The summed E-state index contributed by atoms with van der Waals surface area (Å²) in [6, 6.07) is 7.63. The summed E-state index contributed by atoms with van der Waals surface area (Å²) in [7, 11) is -3.20. The van der Waals surface area contributed by atoms with Crippen LogP contribution in [0.4, 0.5) is 4.39 Å².